The van der Waals surface area contributed by atoms with Crippen molar-refractivity contribution in [2.75, 3.05) is 6.54 Å². The summed E-state index contributed by atoms with van der Waals surface area (Å²) in [5.74, 6) is 0.290. The van der Waals surface area contributed by atoms with E-state index in [2.05, 4.69) is 33.3 Å². The lowest BCUT2D eigenvalue weighted by Gasteiger charge is -2.19. The first-order valence-electron chi connectivity index (χ1n) is 5.58. The maximum atomic E-state index is 9.65. The fraction of sp³-hybridized carbons (Fsp3) is 0.727. The summed E-state index contributed by atoms with van der Waals surface area (Å²) < 4.78 is 2.87. The molecular weight excluding hydrogens is 270 g/mol. The first-order chi connectivity index (χ1) is 7.49. The molecule has 0 saturated heterocycles. The molecule has 2 N–H and O–H groups in total. The van der Waals surface area contributed by atoms with Gasteiger partial charge in [-0.25, -0.2) is 0 Å². The molecule has 5 heteroatoms. The van der Waals surface area contributed by atoms with E-state index in [0.29, 0.717) is 18.5 Å². The number of aliphatic hydroxyl groups is 1. The lowest BCUT2D eigenvalue weighted by molar-refractivity contribution is 0.119. The van der Waals surface area contributed by atoms with Crippen molar-refractivity contribution in [2.45, 2.75) is 39.5 Å². The SMILES string of the molecule is CC(Cn1cc(Br)cn1)NCC(O)C(C)C. The summed E-state index contributed by atoms with van der Waals surface area (Å²) in [5, 5.41) is 17.1. The molecule has 1 rings (SSSR count). The van der Waals surface area contributed by atoms with Crippen LogP contribution >= 0.6 is 15.9 Å². The van der Waals surface area contributed by atoms with E-state index in [1.165, 1.54) is 0 Å². The summed E-state index contributed by atoms with van der Waals surface area (Å²) >= 11 is 3.36. The maximum absolute atomic E-state index is 9.65. The van der Waals surface area contributed by atoms with Gasteiger partial charge in [0.25, 0.3) is 0 Å². The van der Waals surface area contributed by atoms with Crippen LogP contribution in [0.15, 0.2) is 16.9 Å². The van der Waals surface area contributed by atoms with Crippen LogP contribution in [0.1, 0.15) is 20.8 Å². The van der Waals surface area contributed by atoms with Gasteiger partial charge in [0.15, 0.2) is 0 Å². The second-order valence-corrected chi connectivity index (χ2v) is 5.42. The molecule has 16 heavy (non-hydrogen) atoms. The minimum Gasteiger partial charge on any atom is -0.392 e. The van der Waals surface area contributed by atoms with Gasteiger partial charge in [-0.3, -0.25) is 4.68 Å². The Labute approximate surface area is 105 Å². The van der Waals surface area contributed by atoms with E-state index in [1.54, 1.807) is 6.20 Å². The molecule has 1 aromatic heterocycles. The lowest BCUT2D eigenvalue weighted by atomic mass is 10.1. The third-order valence-electron chi connectivity index (χ3n) is 2.51. The van der Waals surface area contributed by atoms with E-state index in [1.807, 2.05) is 24.7 Å². The number of hydrogen-bond acceptors (Lipinski definition) is 3. The third-order valence-corrected chi connectivity index (χ3v) is 2.92. The van der Waals surface area contributed by atoms with Crippen molar-refractivity contribution in [3.63, 3.8) is 0 Å². The first kappa shape index (κ1) is 13.7. The summed E-state index contributed by atoms with van der Waals surface area (Å²) in [6, 6.07) is 0.292. The molecular formula is C11H20BrN3O. The quantitative estimate of drug-likeness (QED) is 0.837. The summed E-state index contributed by atoms with van der Waals surface area (Å²) in [5.41, 5.74) is 0. The molecule has 0 amide bonds. The summed E-state index contributed by atoms with van der Waals surface area (Å²) in [4.78, 5) is 0. The van der Waals surface area contributed by atoms with Crippen LogP contribution in [-0.4, -0.2) is 33.6 Å². The predicted molar refractivity (Wildman–Crippen MR) is 68.2 cm³/mol. The minimum absolute atomic E-state index is 0.285. The Morgan fingerprint density at radius 1 is 1.50 bits per heavy atom. The van der Waals surface area contributed by atoms with Gasteiger partial charge in [0.1, 0.15) is 0 Å². The standard InChI is InChI=1S/C11H20BrN3O/c1-8(2)11(16)5-13-9(3)6-15-7-10(12)4-14-15/h4,7-9,11,13,16H,5-6H2,1-3H3. The van der Waals surface area contributed by atoms with Gasteiger partial charge in [0.05, 0.1) is 23.3 Å². The molecule has 0 radical (unpaired) electrons. The van der Waals surface area contributed by atoms with Crippen molar-refractivity contribution >= 4 is 15.9 Å². The van der Waals surface area contributed by atoms with Crippen LogP contribution < -0.4 is 5.32 Å². The molecule has 0 aliphatic heterocycles. The molecule has 2 unspecified atom stereocenters. The second kappa shape index (κ2) is 6.37. The minimum atomic E-state index is -0.285. The highest BCUT2D eigenvalue weighted by Crippen LogP contribution is 2.06. The Balaban J connectivity index is 2.28. The number of nitrogens with one attached hydrogen (secondary N) is 1. The number of hydrogen-bond donors (Lipinski definition) is 2. The highest BCUT2D eigenvalue weighted by atomic mass is 79.9. The van der Waals surface area contributed by atoms with Gasteiger partial charge < -0.3 is 10.4 Å². The van der Waals surface area contributed by atoms with Gasteiger partial charge >= 0.3 is 0 Å². The number of halogens is 1. The molecule has 1 heterocycles. The van der Waals surface area contributed by atoms with Crippen LogP contribution in [0.25, 0.3) is 0 Å². The van der Waals surface area contributed by atoms with Crippen molar-refractivity contribution in [2.24, 2.45) is 5.92 Å². The lowest BCUT2D eigenvalue weighted by Crippen LogP contribution is -2.38. The van der Waals surface area contributed by atoms with Crippen molar-refractivity contribution in [1.82, 2.24) is 15.1 Å². The Bertz CT molecular complexity index is 314. The van der Waals surface area contributed by atoms with Gasteiger partial charge in [-0.15, -0.1) is 0 Å². The topological polar surface area (TPSA) is 50.1 Å². The molecule has 2 atom stereocenters. The monoisotopic (exact) mass is 289 g/mol. The van der Waals surface area contributed by atoms with E-state index in [-0.39, 0.29) is 6.10 Å². The van der Waals surface area contributed by atoms with Crippen molar-refractivity contribution < 1.29 is 5.11 Å². The second-order valence-electron chi connectivity index (χ2n) is 4.50. The van der Waals surface area contributed by atoms with Gasteiger partial charge in [0, 0.05) is 18.8 Å². The summed E-state index contributed by atoms with van der Waals surface area (Å²) in [6.07, 6.45) is 3.43. The van der Waals surface area contributed by atoms with Crippen LogP contribution in [-0.2, 0) is 6.54 Å². The molecule has 0 aromatic carbocycles. The number of rotatable bonds is 6. The molecule has 0 bridgehead atoms. The average molecular weight is 290 g/mol. The van der Waals surface area contributed by atoms with Gasteiger partial charge in [0.2, 0.25) is 0 Å². The molecule has 0 spiro atoms. The van der Waals surface area contributed by atoms with Crippen molar-refractivity contribution in [1.29, 1.82) is 0 Å². The van der Waals surface area contributed by atoms with Crippen LogP contribution in [0.5, 0.6) is 0 Å². The number of aliphatic hydroxyl groups excluding tert-OH is 1. The van der Waals surface area contributed by atoms with Crippen LogP contribution in [0.4, 0.5) is 0 Å². The highest BCUT2D eigenvalue weighted by Gasteiger charge is 2.11. The van der Waals surface area contributed by atoms with Crippen molar-refractivity contribution in [3.05, 3.63) is 16.9 Å². The van der Waals surface area contributed by atoms with E-state index in [9.17, 15) is 5.11 Å². The molecule has 4 nitrogen and oxygen atoms in total. The zero-order chi connectivity index (χ0) is 12.1. The first-order valence-corrected chi connectivity index (χ1v) is 6.37. The fourth-order valence-electron chi connectivity index (χ4n) is 1.34. The van der Waals surface area contributed by atoms with Crippen LogP contribution in [0, 0.1) is 5.92 Å². The van der Waals surface area contributed by atoms with Gasteiger partial charge in [-0.05, 0) is 28.8 Å². The van der Waals surface area contributed by atoms with Crippen molar-refractivity contribution in [3.8, 4) is 0 Å². The highest BCUT2D eigenvalue weighted by molar-refractivity contribution is 9.10. The van der Waals surface area contributed by atoms with E-state index in [4.69, 9.17) is 0 Å². The molecule has 0 saturated carbocycles. The van der Waals surface area contributed by atoms with E-state index in [0.717, 1.165) is 11.0 Å². The number of aromatic nitrogens is 2. The Morgan fingerprint density at radius 2 is 2.19 bits per heavy atom. The van der Waals surface area contributed by atoms with E-state index < -0.39 is 0 Å². The zero-order valence-corrected chi connectivity index (χ0v) is 11.6. The fourth-order valence-corrected chi connectivity index (χ4v) is 1.67. The Kier molecular flexibility index (Phi) is 5.44. The predicted octanol–water partition coefficient (Wildman–Crippen LogP) is 1.64. The molecule has 0 aliphatic rings. The Hall–Kier alpha value is -0.390. The van der Waals surface area contributed by atoms with Gasteiger partial charge in [-0.1, -0.05) is 13.8 Å². The molecule has 0 fully saturated rings. The zero-order valence-electron chi connectivity index (χ0n) is 10.0. The Morgan fingerprint density at radius 3 is 2.69 bits per heavy atom. The average Bonchev–Trinajstić information content (AvgIpc) is 2.60. The van der Waals surface area contributed by atoms with E-state index >= 15 is 0 Å². The van der Waals surface area contributed by atoms with Crippen LogP contribution in [0.3, 0.4) is 0 Å². The normalized spacial score (nSPS) is 15.4. The molecule has 1 aromatic rings. The third kappa shape index (κ3) is 4.63. The smallest absolute Gasteiger partial charge is 0.0687 e. The van der Waals surface area contributed by atoms with Gasteiger partial charge in [-0.2, -0.15) is 5.10 Å². The number of nitrogens with zero attached hydrogens (tertiary/aromatic N) is 2. The maximum Gasteiger partial charge on any atom is 0.0687 e. The molecule has 92 valence electrons. The molecule has 0 aliphatic carbocycles. The summed E-state index contributed by atoms with van der Waals surface area (Å²) in [6.45, 7) is 7.55. The van der Waals surface area contributed by atoms with Crippen LogP contribution in [0.2, 0.25) is 0 Å². The summed E-state index contributed by atoms with van der Waals surface area (Å²) in [7, 11) is 0. The largest absolute Gasteiger partial charge is 0.392 e.